The van der Waals surface area contributed by atoms with E-state index in [1.165, 1.54) is 6.42 Å². The van der Waals surface area contributed by atoms with Crippen LogP contribution >= 0.6 is 0 Å². The maximum atomic E-state index is 8.75. The number of carbonyl (C=O) groups excluding carboxylic acids is 1. The second-order valence-corrected chi connectivity index (χ2v) is 4.56. The van der Waals surface area contributed by atoms with Crippen molar-refractivity contribution < 1.29 is 71.7 Å². The predicted octanol–water partition coefficient (Wildman–Crippen LogP) is 0.734. The van der Waals surface area contributed by atoms with Crippen molar-refractivity contribution in [3.8, 4) is 0 Å². The van der Waals surface area contributed by atoms with Crippen molar-refractivity contribution in [2.24, 2.45) is 11.8 Å². The van der Waals surface area contributed by atoms with Gasteiger partial charge in [-0.1, -0.05) is 20.8 Å². The first kappa shape index (κ1) is 56.7. The standard InChI is InChI=1S/C8H15NO2.C3H8S.6CO.2Fe/c1-6(2)8-7(4-10)5-11-9(8)3;1-2-3-4;6*1-2;;/h6-8,10H,5H2,1-3H3;4H,2-3H2,1H3;;;;;;;;/p+1/t7-,8+;;;;;;;;;/m0........./s1. The summed E-state index contributed by atoms with van der Waals surface area (Å²) in [6, 6.07) is 0.264. The van der Waals surface area contributed by atoms with E-state index in [2.05, 4.69) is 79.6 Å². The van der Waals surface area contributed by atoms with Gasteiger partial charge in [-0.05, 0) is 37.2 Å². The molecule has 0 bridgehead atoms. The summed E-state index contributed by atoms with van der Waals surface area (Å²) in [5.74, 6) is 1.65. The minimum Gasteiger partial charge on any atom is 0 e. The van der Waals surface area contributed by atoms with Crippen LogP contribution in [0.4, 0.5) is 0 Å². The minimum absolute atomic E-state index is 0. The van der Waals surface area contributed by atoms with E-state index in [4.69, 9.17) is 37.5 Å². The van der Waals surface area contributed by atoms with Crippen LogP contribution in [0, 0.1) is 51.7 Å². The Hall–Kier alpha value is -0.581. The number of nitrogens with zero attached hydrogens (tertiary/aromatic N) is 1. The van der Waals surface area contributed by atoms with Crippen LogP contribution in [0.3, 0.4) is 0 Å². The molecule has 166 valence electrons. The fourth-order valence-corrected chi connectivity index (χ4v) is 1.63. The van der Waals surface area contributed by atoms with Gasteiger partial charge in [0.05, 0.1) is 6.61 Å². The van der Waals surface area contributed by atoms with Gasteiger partial charge in [0.25, 0.3) is 0 Å². The maximum absolute atomic E-state index is 8.75. The van der Waals surface area contributed by atoms with E-state index in [0.29, 0.717) is 12.5 Å². The Morgan fingerprint density at radius 1 is 0.966 bits per heavy atom. The summed E-state index contributed by atoms with van der Waals surface area (Å²) in [7, 11) is 1.89. The maximum Gasteiger partial charge on any atom is 0 e. The third kappa shape index (κ3) is 47.0. The van der Waals surface area contributed by atoms with Gasteiger partial charge in [-0.2, -0.15) is 5.06 Å². The summed E-state index contributed by atoms with van der Waals surface area (Å²) in [6.45, 7) is 33.9. The molecule has 1 aliphatic heterocycles. The average Bonchev–Trinajstić information content (AvgIpc) is 3.17. The monoisotopic (exact) mass is 514 g/mol. The Morgan fingerprint density at radius 2 is 1.24 bits per heavy atom. The first-order chi connectivity index (χ1) is 13.1. The molecule has 1 saturated heterocycles. The van der Waals surface area contributed by atoms with Gasteiger partial charge < -0.3 is 9.63 Å². The van der Waals surface area contributed by atoms with Crippen LogP contribution < -0.4 is 0 Å². The van der Waals surface area contributed by atoms with Crippen molar-refractivity contribution in [3.05, 3.63) is 39.9 Å². The number of hydrogen-bond donors (Lipinski definition) is 0. The third-order valence-electron chi connectivity index (χ3n) is 2.39. The van der Waals surface area contributed by atoms with E-state index in [1.54, 1.807) is 5.06 Å². The van der Waals surface area contributed by atoms with Crippen LogP contribution in [0.5, 0.6) is 0 Å². The molecule has 0 aromatic rings. The van der Waals surface area contributed by atoms with E-state index >= 15 is 0 Å². The molecule has 1 N–H and O–H groups in total. The second kappa shape index (κ2) is 71.0. The van der Waals surface area contributed by atoms with Crippen molar-refractivity contribution in [2.45, 2.75) is 33.2 Å². The van der Waals surface area contributed by atoms with E-state index in [-0.39, 0.29) is 46.1 Å². The average molecular weight is 514 g/mol. The molecule has 0 spiro atoms. The molecule has 1 aliphatic rings. The summed E-state index contributed by atoms with van der Waals surface area (Å²) in [4.78, 5) is 14.0. The first-order valence-electron chi connectivity index (χ1n) is 6.70. The molecule has 2 atom stereocenters. The van der Waals surface area contributed by atoms with Crippen LogP contribution in [0.1, 0.15) is 27.2 Å². The smallest absolute Gasteiger partial charge is 0 e. The molecule has 1 heterocycles. The summed E-state index contributed by atoms with van der Waals surface area (Å²) >= 11 is 3.29. The molecule has 9 nitrogen and oxygen atoms in total. The van der Waals surface area contributed by atoms with E-state index in [1.807, 2.05) is 7.05 Å². The Kier molecular flexibility index (Phi) is 139. The summed E-state index contributed by atoms with van der Waals surface area (Å²) in [5.41, 5.74) is 0. The SMILES string of the molecule is CC(C)[C@@H]1[C@@H]([C-]=[OH+])CON1C.CCC[SH2+].[C-]#[O+].[C-]#[O+].[C-]#[O+].[C-]#[O+].[C-]#[O+].[C-]#[O+].[Fe].[Fe]. The van der Waals surface area contributed by atoms with Crippen molar-refractivity contribution in [1.29, 1.82) is 0 Å². The van der Waals surface area contributed by atoms with Crippen LogP contribution in [0.15, 0.2) is 0 Å². The quantitative estimate of drug-likeness (QED) is 0.310. The Balaban J connectivity index is -0.0000000272. The zero-order valence-electron chi connectivity index (χ0n) is 16.3. The predicted molar refractivity (Wildman–Crippen MR) is 91.7 cm³/mol. The molecule has 0 aliphatic carbocycles. The van der Waals surface area contributed by atoms with E-state index in [0.717, 1.165) is 5.75 Å². The molecule has 0 aromatic heterocycles. The van der Waals surface area contributed by atoms with Crippen LogP contribution in [-0.2, 0) is 79.5 Å². The van der Waals surface area contributed by atoms with E-state index < -0.39 is 0 Å². The van der Waals surface area contributed by atoms with Crippen molar-refractivity contribution in [3.63, 3.8) is 0 Å². The topological polar surface area (TPSA) is 153 Å². The molecule has 0 aromatic carbocycles. The first-order valence-corrected chi connectivity index (χ1v) is 7.41. The van der Waals surface area contributed by atoms with Gasteiger partial charge in [-0.3, -0.25) is 0 Å². The molecular formula is C17H24Fe2NO8S+. The van der Waals surface area contributed by atoms with Gasteiger partial charge in [-0.25, -0.2) is 0 Å². The van der Waals surface area contributed by atoms with Crippen LogP contribution in [0.25, 0.3) is 0 Å². The molecule has 0 radical (unpaired) electrons. The van der Waals surface area contributed by atoms with Crippen molar-refractivity contribution in [1.82, 2.24) is 5.06 Å². The van der Waals surface area contributed by atoms with Gasteiger partial charge in [0, 0.05) is 47.2 Å². The largest absolute Gasteiger partial charge is 0 e. The molecular weight excluding hydrogens is 490 g/mol. The molecule has 0 saturated carbocycles. The number of hydrogen-bond acceptors (Lipinski definition) is 2. The second-order valence-electron chi connectivity index (χ2n) is 4.06. The summed E-state index contributed by atoms with van der Waals surface area (Å²) < 4.78 is 45.0. The minimum atomic E-state index is 0. The van der Waals surface area contributed by atoms with Crippen LogP contribution in [0.2, 0.25) is 0 Å². The third-order valence-corrected chi connectivity index (χ3v) is 2.89. The van der Waals surface area contributed by atoms with E-state index in [9.17, 15) is 0 Å². The zero-order chi connectivity index (χ0) is 23.8. The normalized spacial score (nSPS) is 14.0. The molecule has 29 heavy (non-hydrogen) atoms. The van der Waals surface area contributed by atoms with Gasteiger partial charge in [0.2, 0.25) is 0 Å². The summed E-state index contributed by atoms with van der Waals surface area (Å²) in [5, 5.41) is 1.80. The molecule has 1 rings (SSSR count). The fraction of sp³-hybridized carbons (Fsp3) is 0.588. The fourth-order valence-electron chi connectivity index (χ4n) is 1.63. The summed E-state index contributed by atoms with van der Waals surface area (Å²) in [6.07, 6.45) is 3.49. The van der Waals surface area contributed by atoms with Crippen LogP contribution in [-0.4, -0.2) is 41.6 Å². The zero-order valence-corrected chi connectivity index (χ0v) is 19.5. The molecule has 1 fully saturated rings. The van der Waals surface area contributed by atoms with Crippen molar-refractivity contribution >= 4 is 18.9 Å². The number of rotatable bonds is 3. The Morgan fingerprint density at radius 3 is 1.38 bits per heavy atom. The van der Waals surface area contributed by atoms with Gasteiger partial charge in [0.1, 0.15) is 5.75 Å². The van der Waals surface area contributed by atoms with Gasteiger partial charge in [0.15, 0.2) is 0 Å². The van der Waals surface area contributed by atoms with Gasteiger partial charge in [-0.15, -0.1) is 0 Å². The Bertz CT molecular complexity index is 350. The number of hydroxylamine groups is 2. The molecule has 12 heteroatoms. The van der Waals surface area contributed by atoms with Crippen molar-refractivity contribution in [2.75, 3.05) is 19.4 Å². The van der Waals surface area contributed by atoms with Gasteiger partial charge >= 0.3 is 67.8 Å². The molecule has 0 unspecified atom stereocenters. The Labute approximate surface area is 199 Å². The molecule has 0 amide bonds.